The third-order valence-corrected chi connectivity index (χ3v) is 7.78. The number of aromatic nitrogens is 1. The number of hydrogen-bond acceptors (Lipinski definition) is 3. The normalized spacial score (nSPS) is 15.8. The zero-order chi connectivity index (χ0) is 23.8. The molecule has 4 aromatic rings. The maximum atomic E-state index is 13.9. The minimum atomic E-state index is -0.771. The molecule has 3 aromatic carbocycles. The quantitative estimate of drug-likeness (QED) is 0.442. The first-order valence-corrected chi connectivity index (χ1v) is 12.4. The highest BCUT2D eigenvalue weighted by atomic mass is 32.2. The molecule has 6 heteroatoms. The number of hydrogen-bond donors (Lipinski definition) is 1. The van der Waals surface area contributed by atoms with E-state index in [4.69, 9.17) is 0 Å². The molecule has 1 aliphatic rings. The van der Waals surface area contributed by atoms with Gasteiger partial charge in [-0.15, -0.1) is 0 Å². The molecule has 172 valence electrons. The van der Waals surface area contributed by atoms with Crippen molar-refractivity contribution in [1.82, 2.24) is 9.88 Å². The summed E-state index contributed by atoms with van der Waals surface area (Å²) in [6, 6.07) is 23.1. The van der Waals surface area contributed by atoms with E-state index in [0.717, 1.165) is 43.9 Å². The molecule has 0 fully saturated rings. The summed E-state index contributed by atoms with van der Waals surface area (Å²) in [6.45, 7) is 4.45. The van der Waals surface area contributed by atoms with Gasteiger partial charge in [0.05, 0.1) is 10.8 Å². The molecule has 5 rings (SSSR count). The third-order valence-electron chi connectivity index (χ3n) is 6.62. The van der Waals surface area contributed by atoms with Gasteiger partial charge in [-0.2, -0.15) is 0 Å². The molecule has 0 bridgehead atoms. The second-order valence-corrected chi connectivity index (χ2v) is 9.64. The SMILES string of the molecule is Cc1cccc(N2C(=O)CSc3c(c4ccccc4n3C)C2C(=O)NCc2ccccc2)c1C. The Balaban J connectivity index is 1.68. The van der Waals surface area contributed by atoms with Gasteiger partial charge in [0, 0.05) is 35.7 Å². The van der Waals surface area contributed by atoms with Crippen LogP contribution < -0.4 is 10.2 Å². The summed E-state index contributed by atoms with van der Waals surface area (Å²) < 4.78 is 2.10. The highest BCUT2D eigenvalue weighted by Crippen LogP contribution is 2.44. The number of nitrogens with zero attached hydrogens (tertiary/aromatic N) is 2. The maximum Gasteiger partial charge on any atom is 0.248 e. The molecule has 1 aliphatic heterocycles. The first-order valence-electron chi connectivity index (χ1n) is 11.4. The van der Waals surface area contributed by atoms with Crippen LogP contribution in [0.1, 0.15) is 28.3 Å². The number of amides is 2. The number of nitrogens with one attached hydrogen (secondary N) is 1. The van der Waals surface area contributed by atoms with Crippen molar-refractivity contribution in [3.8, 4) is 0 Å². The molecule has 0 radical (unpaired) electrons. The van der Waals surface area contributed by atoms with Crippen LogP contribution in [0.25, 0.3) is 10.9 Å². The molecule has 5 nitrogen and oxygen atoms in total. The molecule has 0 saturated heterocycles. The van der Waals surface area contributed by atoms with Gasteiger partial charge in [-0.25, -0.2) is 0 Å². The minimum Gasteiger partial charge on any atom is -0.350 e. The smallest absolute Gasteiger partial charge is 0.248 e. The first-order chi connectivity index (χ1) is 16.5. The Morgan fingerprint density at radius 1 is 1.00 bits per heavy atom. The van der Waals surface area contributed by atoms with E-state index in [-0.39, 0.29) is 17.6 Å². The molecule has 1 unspecified atom stereocenters. The standard InChI is InChI=1S/C28H27N3O2S/c1-18-10-9-15-22(19(18)2)31-24(32)17-34-28-25(21-13-7-8-14-23(21)30(28)3)26(31)27(33)29-16-20-11-5-4-6-12-20/h4-15,26H,16-17H2,1-3H3,(H,29,33). The number of rotatable bonds is 4. The summed E-state index contributed by atoms with van der Waals surface area (Å²) in [4.78, 5) is 29.3. The van der Waals surface area contributed by atoms with Gasteiger partial charge in [-0.1, -0.05) is 72.4 Å². The van der Waals surface area contributed by atoms with E-state index < -0.39 is 6.04 Å². The van der Waals surface area contributed by atoms with Crippen LogP contribution >= 0.6 is 11.8 Å². The molecule has 0 aliphatic carbocycles. The van der Waals surface area contributed by atoms with Crippen LogP contribution in [0.5, 0.6) is 0 Å². The monoisotopic (exact) mass is 469 g/mol. The third kappa shape index (κ3) is 3.78. The van der Waals surface area contributed by atoms with Crippen LogP contribution in [-0.4, -0.2) is 22.1 Å². The van der Waals surface area contributed by atoms with Gasteiger partial charge in [0.2, 0.25) is 11.8 Å². The van der Waals surface area contributed by atoms with E-state index in [1.54, 1.807) is 4.90 Å². The van der Waals surface area contributed by atoms with Gasteiger partial charge in [0.25, 0.3) is 0 Å². The van der Waals surface area contributed by atoms with Crippen molar-refractivity contribution in [2.45, 2.75) is 31.5 Å². The van der Waals surface area contributed by atoms with Gasteiger partial charge in [0.15, 0.2) is 0 Å². The zero-order valence-electron chi connectivity index (χ0n) is 19.5. The summed E-state index contributed by atoms with van der Waals surface area (Å²) >= 11 is 1.51. The van der Waals surface area contributed by atoms with Crippen molar-refractivity contribution in [3.63, 3.8) is 0 Å². The maximum absolute atomic E-state index is 13.9. The Morgan fingerprint density at radius 3 is 2.53 bits per heavy atom. The summed E-state index contributed by atoms with van der Waals surface area (Å²) in [7, 11) is 2.01. The van der Waals surface area contributed by atoms with Gasteiger partial charge >= 0.3 is 0 Å². The zero-order valence-corrected chi connectivity index (χ0v) is 20.4. The summed E-state index contributed by atoms with van der Waals surface area (Å²) in [5, 5.41) is 5.07. The predicted molar refractivity (Wildman–Crippen MR) is 138 cm³/mol. The highest BCUT2D eigenvalue weighted by Gasteiger charge is 2.40. The number of thioether (sulfide) groups is 1. The molecule has 0 spiro atoms. The molecule has 2 heterocycles. The topological polar surface area (TPSA) is 54.3 Å². The van der Waals surface area contributed by atoms with Gasteiger partial charge in [-0.05, 0) is 42.7 Å². The molecular weight excluding hydrogens is 442 g/mol. The lowest BCUT2D eigenvalue weighted by Crippen LogP contribution is -2.44. The largest absolute Gasteiger partial charge is 0.350 e. The second-order valence-electron chi connectivity index (χ2n) is 8.67. The van der Waals surface area contributed by atoms with Crippen LogP contribution in [0.15, 0.2) is 77.8 Å². The predicted octanol–water partition coefficient (Wildman–Crippen LogP) is 5.29. The lowest BCUT2D eigenvalue weighted by atomic mass is 9.99. The molecule has 1 aromatic heterocycles. The Labute approximate surface area is 203 Å². The van der Waals surface area contributed by atoms with Crippen LogP contribution in [0.4, 0.5) is 5.69 Å². The highest BCUT2D eigenvalue weighted by molar-refractivity contribution is 8.00. The number of benzene rings is 3. The number of anilines is 1. The van der Waals surface area contributed by atoms with Gasteiger partial charge in [0.1, 0.15) is 6.04 Å². The van der Waals surface area contributed by atoms with Crippen molar-refractivity contribution in [1.29, 1.82) is 0 Å². The fourth-order valence-electron chi connectivity index (χ4n) is 4.71. The average molecular weight is 470 g/mol. The van der Waals surface area contributed by atoms with Crippen molar-refractivity contribution in [3.05, 3.63) is 95.1 Å². The first kappa shape index (κ1) is 22.3. The van der Waals surface area contributed by atoms with Crippen LogP contribution in [-0.2, 0) is 23.2 Å². The van der Waals surface area contributed by atoms with Crippen molar-refractivity contribution in [2.75, 3.05) is 10.7 Å². The Kier molecular flexibility index (Phi) is 5.92. The van der Waals surface area contributed by atoms with Gasteiger partial charge < -0.3 is 9.88 Å². The van der Waals surface area contributed by atoms with Gasteiger partial charge in [-0.3, -0.25) is 14.5 Å². The number of para-hydroxylation sites is 1. The Bertz CT molecular complexity index is 1390. The van der Waals surface area contributed by atoms with Crippen molar-refractivity contribution < 1.29 is 9.59 Å². The minimum absolute atomic E-state index is 0.0705. The molecule has 1 atom stereocenters. The lowest BCUT2D eigenvalue weighted by molar-refractivity contribution is -0.125. The lowest BCUT2D eigenvalue weighted by Gasteiger charge is -2.31. The van der Waals surface area contributed by atoms with Crippen LogP contribution in [0.2, 0.25) is 0 Å². The molecule has 34 heavy (non-hydrogen) atoms. The van der Waals surface area contributed by atoms with E-state index in [1.165, 1.54) is 11.8 Å². The van der Waals surface area contributed by atoms with E-state index in [9.17, 15) is 9.59 Å². The summed E-state index contributed by atoms with van der Waals surface area (Å²) in [5.41, 5.74) is 5.83. The Morgan fingerprint density at radius 2 is 1.74 bits per heavy atom. The van der Waals surface area contributed by atoms with Crippen molar-refractivity contribution in [2.24, 2.45) is 7.05 Å². The van der Waals surface area contributed by atoms with E-state index in [1.807, 2.05) is 87.6 Å². The van der Waals surface area contributed by atoms with E-state index >= 15 is 0 Å². The van der Waals surface area contributed by atoms with E-state index in [2.05, 4.69) is 16.0 Å². The fraction of sp³-hybridized carbons (Fsp3) is 0.214. The van der Waals surface area contributed by atoms with Crippen LogP contribution in [0, 0.1) is 13.8 Å². The number of carbonyl (C=O) groups is 2. The van der Waals surface area contributed by atoms with Crippen LogP contribution in [0.3, 0.4) is 0 Å². The van der Waals surface area contributed by atoms with Crippen molar-refractivity contribution >= 4 is 40.2 Å². The average Bonchev–Trinajstić information content (AvgIpc) is 3.03. The second kappa shape index (κ2) is 9.03. The molecular formula is C28H27N3O2S. The molecule has 0 saturated carbocycles. The fourth-order valence-corrected chi connectivity index (χ4v) is 5.78. The summed E-state index contributed by atoms with van der Waals surface area (Å²) in [5.74, 6) is 0.0181. The summed E-state index contributed by atoms with van der Waals surface area (Å²) in [6.07, 6.45) is 0. The molecule has 1 N–H and O–H groups in total. The van der Waals surface area contributed by atoms with E-state index in [0.29, 0.717) is 6.54 Å². The number of carbonyl (C=O) groups excluding carboxylic acids is 2. The number of fused-ring (bicyclic) bond motifs is 3. The Hall–Kier alpha value is -3.51. The number of aryl methyl sites for hydroxylation is 2. The molecule has 2 amide bonds.